The van der Waals surface area contributed by atoms with Crippen LogP contribution < -0.4 is 5.32 Å². The Kier molecular flexibility index (Phi) is 5.79. The van der Waals surface area contributed by atoms with Gasteiger partial charge in [-0.2, -0.15) is 5.26 Å². The molecule has 0 aliphatic heterocycles. The van der Waals surface area contributed by atoms with E-state index in [0.717, 1.165) is 19.5 Å². The quantitative estimate of drug-likeness (QED) is 0.778. The van der Waals surface area contributed by atoms with Gasteiger partial charge in [0.1, 0.15) is 0 Å². The smallest absolute Gasteiger partial charge is 0.0621 e. The zero-order valence-electron chi connectivity index (χ0n) is 11.0. The third kappa shape index (κ3) is 3.96. The molecule has 3 heteroatoms. The van der Waals surface area contributed by atoms with Crippen LogP contribution >= 0.6 is 12.4 Å². The number of halogens is 1. The maximum Gasteiger partial charge on any atom is 0.0621 e. The monoisotopic (exact) mass is 244 g/mol. The topological polar surface area (TPSA) is 35.8 Å². The molecule has 2 unspecified atom stereocenters. The van der Waals surface area contributed by atoms with Crippen molar-refractivity contribution in [1.29, 1.82) is 5.26 Å². The molecular weight excluding hydrogens is 220 g/mol. The highest BCUT2D eigenvalue weighted by atomic mass is 35.5. The van der Waals surface area contributed by atoms with Crippen LogP contribution in [0.1, 0.15) is 47.0 Å². The van der Waals surface area contributed by atoms with Crippen molar-refractivity contribution in [2.45, 2.75) is 47.0 Å². The van der Waals surface area contributed by atoms with E-state index in [-0.39, 0.29) is 12.4 Å². The zero-order chi connectivity index (χ0) is 11.5. The van der Waals surface area contributed by atoms with Crippen molar-refractivity contribution in [3.05, 3.63) is 0 Å². The van der Waals surface area contributed by atoms with Gasteiger partial charge in [0.2, 0.25) is 0 Å². The first kappa shape index (κ1) is 15.7. The van der Waals surface area contributed by atoms with Gasteiger partial charge in [-0.05, 0) is 36.1 Å². The Balaban J connectivity index is 0.00000225. The van der Waals surface area contributed by atoms with E-state index >= 15 is 0 Å². The Hall–Kier alpha value is -0.260. The molecule has 1 fully saturated rings. The van der Waals surface area contributed by atoms with Crippen LogP contribution in [0.4, 0.5) is 0 Å². The summed E-state index contributed by atoms with van der Waals surface area (Å²) in [7, 11) is 0. The molecule has 0 saturated heterocycles. The van der Waals surface area contributed by atoms with Crippen molar-refractivity contribution in [1.82, 2.24) is 5.32 Å². The van der Waals surface area contributed by atoms with E-state index in [9.17, 15) is 0 Å². The standard InChI is InChI=1S/C13H24N2.ClH/c1-11(6-5-7-14)8-15-10-13(4)9-12(13,2)3;/h11,15H,5-6,8-10H2,1-4H3;1H. The van der Waals surface area contributed by atoms with Crippen LogP contribution in [0.2, 0.25) is 0 Å². The summed E-state index contributed by atoms with van der Waals surface area (Å²) < 4.78 is 0. The van der Waals surface area contributed by atoms with Crippen LogP contribution in [0.5, 0.6) is 0 Å². The van der Waals surface area contributed by atoms with Crippen LogP contribution in [0, 0.1) is 28.1 Å². The first-order valence-electron chi connectivity index (χ1n) is 5.99. The fraction of sp³-hybridized carbons (Fsp3) is 0.923. The van der Waals surface area contributed by atoms with E-state index in [4.69, 9.17) is 5.26 Å². The van der Waals surface area contributed by atoms with Gasteiger partial charge in [-0.15, -0.1) is 12.4 Å². The molecule has 0 bridgehead atoms. The third-order valence-corrected chi connectivity index (χ3v) is 4.10. The molecule has 0 spiro atoms. The molecular formula is C13H25ClN2. The molecule has 1 aliphatic carbocycles. The van der Waals surface area contributed by atoms with Gasteiger partial charge in [0.15, 0.2) is 0 Å². The number of nitriles is 1. The molecule has 1 rings (SSSR count). The van der Waals surface area contributed by atoms with E-state index in [1.54, 1.807) is 0 Å². The minimum Gasteiger partial charge on any atom is -0.316 e. The van der Waals surface area contributed by atoms with E-state index in [1.807, 2.05) is 0 Å². The number of nitrogens with zero attached hydrogens (tertiary/aromatic N) is 1. The highest BCUT2D eigenvalue weighted by molar-refractivity contribution is 5.85. The van der Waals surface area contributed by atoms with E-state index in [0.29, 0.717) is 23.2 Å². The van der Waals surface area contributed by atoms with Crippen LogP contribution in [0.3, 0.4) is 0 Å². The van der Waals surface area contributed by atoms with Gasteiger partial charge in [0, 0.05) is 13.0 Å². The molecule has 0 radical (unpaired) electrons. The normalized spacial score (nSPS) is 27.7. The lowest BCUT2D eigenvalue weighted by atomic mass is 9.98. The van der Waals surface area contributed by atoms with Gasteiger partial charge >= 0.3 is 0 Å². The van der Waals surface area contributed by atoms with E-state index in [2.05, 4.69) is 39.1 Å². The minimum absolute atomic E-state index is 0. The van der Waals surface area contributed by atoms with Gasteiger partial charge in [-0.25, -0.2) is 0 Å². The maximum atomic E-state index is 8.48. The van der Waals surface area contributed by atoms with Crippen molar-refractivity contribution in [2.24, 2.45) is 16.7 Å². The summed E-state index contributed by atoms with van der Waals surface area (Å²) in [5.74, 6) is 0.620. The van der Waals surface area contributed by atoms with Crippen LogP contribution in [-0.2, 0) is 0 Å². The van der Waals surface area contributed by atoms with E-state index in [1.165, 1.54) is 6.42 Å². The molecule has 1 N–H and O–H groups in total. The summed E-state index contributed by atoms with van der Waals surface area (Å²) in [5.41, 5.74) is 1.03. The van der Waals surface area contributed by atoms with Gasteiger partial charge in [-0.1, -0.05) is 27.7 Å². The van der Waals surface area contributed by atoms with Crippen molar-refractivity contribution in [2.75, 3.05) is 13.1 Å². The largest absolute Gasteiger partial charge is 0.316 e. The van der Waals surface area contributed by atoms with Gasteiger partial charge in [0.25, 0.3) is 0 Å². The first-order chi connectivity index (χ1) is 6.91. The Morgan fingerprint density at radius 2 is 1.94 bits per heavy atom. The van der Waals surface area contributed by atoms with Crippen molar-refractivity contribution < 1.29 is 0 Å². The van der Waals surface area contributed by atoms with Gasteiger partial charge in [0.05, 0.1) is 6.07 Å². The van der Waals surface area contributed by atoms with Gasteiger partial charge < -0.3 is 5.32 Å². The lowest BCUT2D eigenvalue weighted by Crippen LogP contribution is -2.29. The number of rotatable bonds is 6. The number of hydrogen-bond donors (Lipinski definition) is 1. The molecule has 16 heavy (non-hydrogen) atoms. The van der Waals surface area contributed by atoms with Gasteiger partial charge in [-0.3, -0.25) is 0 Å². The molecule has 0 aromatic carbocycles. The Bertz CT molecular complexity index is 257. The highest BCUT2D eigenvalue weighted by Gasteiger charge is 2.56. The second-order valence-electron chi connectivity index (χ2n) is 6.05. The molecule has 0 aromatic heterocycles. The predicted molar refractivity (Wildman–Crippen MR) is 70.6 cm³/mol. The predicted octanol–water partition coefficient (Wildman–Crippen LogP) is 3.37. The Labute approximate surface area is 106 Å². The van der Waals surface area contributed by atoms with Crippen LogP contribution in [0.25, 0.3) is 0 Å². The third-order valence-electron chi connectivity index (χ3n) is 4.10. The minimum atomic E-state index is 0. The SMILES string of the molecule is CC(CCC#N)CNCC1(C)CC1(C)C.Cl. The number of nitrogens with one attached hydrogen (secondary N) is 1. The Morgan fingerprint density at radius 3 is 2.38 bits per heavy atom. The number of hydrogen-bond acceptors (Lipinski definition) is 2. The fourth-order valence-corrected chi connectivity index (χ4v) is 2.24. The lowest BCUT2D eigenvalue weighted by molar-refractivity contribution is 0.371. The molecule has 2 atom stereocenters. The summed E-state index contributed by atoms with van der Waals surface area (Å²) in [6.45, 7) is 11.4. The van der Waals surface area contributed by atoms with Crippen LogP contribution in [0.15, 0.2) is 0 Å². The molecule has 0 heterocycles. The fourth-order valence-electron chi connectivity index (χ4n) is 2.24. The lowest BCUT2D eigenvalue weighted by Gasteiger charge is -2.17. The molecule has 2 nitrogen and oxygen atoms in total. The summed E-state index contributed by atoms with van der Waals surface area (Å²) >= 11 is 0. The summed E-state index contributed by atoms with van der Waals surface area (Å²) in [4.78, 5) is 0. The summed E-state index contributed by atoms with van der Waals surface area (Å²) in [5, 5.41) is 12.0. The molecule has 1 aliphatic rings. The average Bonchev–Trinajstić information content (AvgIpc) is 2.62. The van der Waals surface area contributed by atoms with Crippen molar-refractivity contribution in [3.63, 3.8) is 0 Å². The Morgan fingerprint density at radius 1 is 1.38 bits per heavy atom. The molecule has 1 saturated carbocycles. The second-order valence-corrected chi connectivity index (χ2v) is 6.05. The van der Waals surface area contributed by atoms with Crippen molar-refractivity contribution >= 4 is 12.4 Å². The average molecular weight is 245 g/mol. The zero-order valence-corrected chi connectivity index (χ0v) is 11.8. The second kappa shape index (κ2) is 5.89. The molecule has 0 amide bonds. The summed E-state index contributed by atoms with van der Waals surface area (Å²) in [6, 6.07) is 2.20. The van der Waals surface area contributed by atoms with Crippen LogP contribution in [-0.4, -0.2) is 13.1 Å². The summed E-state index contributed by atoms with van der Waals surface area (Å²) in [6.07, 6.45) is 3.04. The first-order valence-corrected chi connectivity index (χ1v) is 5.99. The van der Waals surface area contributed by atoms with E-state index < -0.39 is 0 Å². The molecule has 0 aromatic rings. The maximum absolute atomic E-state index is 8.48. The van der Waals surface area contributed by atoms with Crippen molar-refractivity contribution in [3.8, 4) is 6.07 Å². The molecule has 94 valence electrons. The highest BCUT2D eigenvalue weighted by Crippen LogP contribution is 2.62.